The van der Waals surface area contributed by atoms with Crippen LogP contribution in [0.4, 0.5) is 0 Å². The Bertz CT molecular complexity index is 931. The molecule has 1 aliphatic heterocycles. The summed E-state index contributed by atoms with van der Waals surface area (Å²) in [4.78, 5) is 11.6. The zero-order valence-corrected chi connectivity index (χ0v) is 15.3. The molecule has 7 nitrogen and oxygen atoms in total. The molecule has 26 heavy (non-hydrogen) atoms. The van der Waals surface area contributed by atoms with Crippen LogP contribution in [0.2, 0.25) is 5.02 Å². The lowest BCUT2D eigenvalue weighted by Gasteiger charge is -2.26. The van der Waals surface area contributed by atoms with Gasteiger partial charge in [-0.25, -0.2) is 17.9 Å². The number of para-hydroxylation sites is 2. The number of carbonyl (C=O) groups is 1. The van der Waals surface area contributed by atoms with E-state index in [1.807, 2.05) is 6.07 Å². The van der Waals surface area contributed by atoms with Gasteiger partial charge < -0.3 is 14.2 Å². The SMILES string of the molecule is COC(=O)c1cc(S(=O)(=O)NC[C@@H]2COc3ccccc3O2)ccc1Cl. The van der Waals surface area contributed by atoms with Crippen LogP contribution in [0.3, 0.4) is 0 Å². The van der Waals surface area contributed by atoms with Crippen molar-refractivity contribution in [3.63, 3.8) is 0 Å². The van der Waals surface area contributed by atoms with Crippen molar-refractivity contribution < 1.29 is 27.4 Å². The largest absolute Gasteiger partial charge is 0.486 e. The zero-order chi connectivity index (χ0) is 18.7. The zero-order valence-electron chi connectivity index (χ0n) is 13.8. The first-order valence-corrected chi connectivity index (χ1v) is 9.53. The van der Waals surface area contributed by atoms with Crippen LogP contribution in [0.25, 0.3) is 0 Å². The van der Waals surface area contributed by atoms with Gasteiger partial charge in [-0.2, -0.15) is 0 Å². The van der Waals surface area contributed by atoms with E-state index < -0.39 is 22.1 Å². The van der Waals surface area contributed by atoms with Crippen molar-refractivity contribution in [3.8, 4) is 11.5 Å². The molecule has 0 saturated carbocycles. The highest BCUT2D eigenvalue weighted by atomic mass is 35.5. The van der Waals surface area contributed by atoms with E-state index in [0.29, 0.717) is 11.5 Å². The molecule has 0 saturated heterocycles. The molecule has 0 radical (unpaired) electrons. The number of rotatable bonds is 5. The Kier molecular flexibility index (Phi) is 5.36. The van der Waals surface area contributed by atoms with E-state index in [4.69, 9.17) is 21.1 Å². The molecule has 3 rings (SSSR count). The van der Waals surface area contributed by atoms with Gasteiger partial charge in [-0.3, -0.25) is 0 Å². The van der Waals surface area contributed by atoms with Gasteiger partial charge in [0.15, 0.2) is 11.5 Å². The first-order chi connectivity index (χ1) is 12.4. The maximum Gasteiger partial charge on any atom is 0.339 e. The van der Waals surface area contributed by atoms with Gasteiger partial charge in [0.05, 0.1) is 29.1 Å². The first kappa shape index (κ1) is 18.5. The molecule has 1 heterocycles. The monoisotopic (exact) mass is 397 g/mol. The van der Waals surface area contributed by atoms with Gasteiger partial charge in [0.1, 0.15) is 12.7 Å². The molecular formula is C17H16ClNO6S. The van der Waals surface area contributed by atoms with Gasteiger partial charge in [0.25, 0.3) is 0 Å². The molecule has 2 aromatic rings. The molecule has 0 amide bonds. The predicted octanol–water partition coefficient (Wildman–Crippen LogP) is 2.24. The Morgan fingerprint density at radius 1 is 1.27 bits per heavy atom. The van der Waals surface area contributed by atoms with Crippen LogP contribution < -0.4 is 14.2 Å². The Balaban J connectivity index is 1.71. The fourth-order valence-corrected chi connectivity index (χ4v) is 3.67. The number of sulfonamides is 1. The summed E-state index contributed by atoms with van der Waals surface area (Å²) in [6, 6.07) is 11.0. The summed E-state index contributed by atoms with van der Waals surface area (Å²) >= 11 is 5.91. The summed E-state index contributed by atoms with van der Waals surface area (Å²) in [7, 11) is -2.68. The Labute approximate surface area is 155 Å². The lowest BCUT2D eigenvalue weighted by atomic mass is 10.2. The number of ether oxygens (including phenoxy) is 3. The lowest BCUT2D eigenvalue weighted by molar-refractivity contribution is 0.0600. The Hall–Kier alpha value is -2.29. The summed E-state index contributed by atoms with van der Waals surface area (Å²) in [6.07, 6.45) is -0.480. The topological polar surface area (TPSA) is 90.9 Å². The standard InChI is InChI=1S/C17H16ClNO6S/c1-23-17(20)13-8-12(6-7-14(13)18)26(21,22)19-9-11-10-24-15-4-2-3-5-16(15)25-11/h2-8,11,19H,9-10H2,1H3/t11-/m1/s1. The van der Waals surface area contributed by atoms with Crippen LogP contribution in [-0.2, 0) is 14.8 Å². The quantitative estimate of drug-likeness (QED) is 0.778. The highest BCUT2D eigenvalue weighted by Crippen LogP contribution is 2.30. The molecule has 0 spiro atoms. The molecule has 2 aromatic carbocycles. The van der Waals surface area contributed by atoms with Crippen molar-refractivity contribution in [2.45, 2.75) is 11.0 Å². The Morgan fingerprint density at radius 3 is 2.73 bits per heavy atom. The number of fused-ring (bicyclic) bond motifs is 1. The average molecular weight is 398 g/mol. The summed E-state index contributed by atoms with van der Waals surface area (Å²) in [5, 5.41) is 0.108. The van der Waals surface area contributed by atoms with E-state index in [1.54, 1.807) is 18.2 Å². The summed E-state index contributed by atoms with van der Waals surface area (Å²) < 4.78 is 43.3. The van der Waals surface area contributed by atoms with Gasteiger partial charge in [0.2, 0.25) is 10.0 Å². The van der Waals surface area contributed by atoms with Gasteiger partial charge in [-0.15, -0.1) is 0 Å². The second-order valence-corrected chi connectivity index (χ2v) is 7.66. The van der Waals surface area contributed by atoms with E-state index in [9.17, 15) is 13.2 Å². The minimum atomic E-state index is -3.87. The molecule has 0 aromatic heterocycles. The third-order valence-corrected chi connectivity index (χ3v) is 5.47. The second kappa shape index (κ2) is 7.53. The molecule has 9 heteroatoms. The van der Waals surface area contributed by atoms with Gasteiger partial charge >= 0.3 is 5.97 Å². The van der Waals surface area contributed by atoms with Crippen LogP contribution in [-0.4, -0.2) is 40.8 Å². The third kappa shape index (κ3) is 3.92. The van der Waals surface area contributed by atoms with E-state index in [0.717, 1.165) is 0 Å². The van der Waals surface area contributed by atoms with Crippen molar-refractivity contribution >= 4 is 27.6 Å². The van der Waals surface area contributed by atoms with Crippen LogP contribution in [0.1, 0.15) is 10.4 Å². The van der Waals surface area contributed by atoms with Crippen molar-refractivity contribution in [2.75, 3.05) is 20.3 Å². The van der Waals surface area contributed by atoms with E-state index in [2.05, 4.69) is 9.46 Å². The highest BCUT2D eigenvalue weighted by molar-refractivity contribution is 7.89. The van der Waals surface area contributed by atoms with Crippen molar-refractivity contribution in [1.29, 1.82) is 0 Å². The summed E-state index contributed by atoms with van der Waals surface area (Å²) in [6.45, 7) is 0.223. The van der Waals surface area contributed by atoms with E-state index >= 15 is 0 Å². The number of hydrogen-bond acceptors (Lipinski definition) is 6. The van der Waals surface area contributed by atoms with Gasteiger partial charge in [-0.05, 0) is 30.3 Å². The second-order valence-electron chi connectivity index (χ2n) is 5.48. The molecule has 0 bridgehead atoms. The van der Waals surface area contributed by atoms with Crippen molar-refractivity contribution in [2.24, 2.45) is 0 Å². The van der Waals surface area contributed by atoms with Crippen molar-refractivity contribution in [3.05, 3.63) is 53.1 Å². The fraction of sp³-hybridized carbons (Fsp3) is 0.235. The summed E-state index contributed by atoms with van der Waals surface area (Å²) in [5.41, 5.74) is -0.0248. The minimum absolute atomic E-state index is 0.00680. The number of nitrogens with one attached hydrogen (secondary N) is 1. The first-order valence-electron chi connectivity index (χ1n) is 7.67. The van der Waals surface area contributed by atoms with Crippen LogP contribution in [0.15, 0.2) is 47.4 Å². The lowest BCUT2D eigenvalue weighted by Crippen LogP contribution is -2.40. The summed E-state index contributed by atoms with van der Waals surface area (Å²) in [5.74, 6) is 0.460. The fourth-order valence-electron chi connectivity index (χ4n) is 2.39. The molecule has 1 aliphatic rings. The van der Waals surface area contributed by atoms with Crippen molar-refractivity contribution in [1.82, 2.24) is 4.72 Å². The van der Waals surface area contributed by atoms with E-state index in [-0.39, 0.29) is 28.6 Å². The molecule has 1 atom stereocenters. The third-order valence-electron chi connectivity index (χ3n) is 3.72. The maximum absolute atomic E-state index is 12.5. The number of carbonyl (C=O) groups excluding carboxylic acids is 1. The normalized spacial score (nSPS) is 16.2. The molecule has 0 fully saturated rings. The molecule has 0 aliphatic carbocycles. The Morgan fingerprint density at radius 2 is 2.00 bits per heavy atom. The molecular weight excluding hydrogens is 382 g/mol. The minimum Gasteiger partial charge on any atom is -0.486 e. The smallest absolute Gasteiger partial charge is 0.339 e. The number of halogens is 1. The number of benzene rings is 2. The van der Waals surface area contributed by atoms with Crippen LogP contribution in [0.5, 0.6) is 11.5 Å². The van der Waals surface area contributed by atoms with Crippen LogP contribution >= 0.6 is 11.6 Å². The number of methoxy groups -OCH3 is 1. The molecule has 0 unspecified atom stereocenters. The van der Waals surface area contributed by atoms with Gasteiger partial charge in [-0.1, -0.05) is 23.7 Å². The average Bonchev–Trinajstić information content (AvgIpc) is 2.66. The molecule has 138 valence electrons. The number of esters is 1. The van der Waals surface area contributed by atoms with Gasteiger partial charge in [0, 0.05) is 0 Å². The number of hydrogen-bond donors (Lipinski definition) is 1. The van der Waals surface area contributed by atoms with E-state index in [1.165, 1.54) is 25.3 Å². The maximum atomic E-state index is 12.5. The molecule has 1 N–H and O–H groups in total. The predicted molar refractivity (Wildman–Crippen MR) is 94.3 cm³/mol. The van der Waals surface area contributed by atoms with Crippen LogP contribution in [0, 0.1) is 0 Å². The highest BCUT2D eigenvalue weighted by Gasteiger charge is 2.24.